The Balaban J connectivity index is 1.75. The van der Waals surface area contributed by atoms with Crippen molar-refractivity contribution in [2.75, 3.05) is 11.3 Å². The molecule has 2 aromatic carbocycles. The SMILES string of the molecule is CCOC(=O)c1ccc(NS(=O)(=O)c2ccc(-c3cnc(C)o3)cc2)cc1. The quantitative estimate of drug-likeness (QED) is 0.650. The van der Waals surface area contributed by atoms with Gasteiger partial charge in [0.1, 0.15) is 0 Å². The second-order valence-corrected chi connectivity index (χ2v) is 7.35. The van der Waals surface area contributed by atoms with E-state index in [1.807, 2.05) is 0 Å². The van der Waals surface area contributed by atoms with Gasteiger partial charge in [-0.15, -0.1) is 0 Å². The standard InChI is InChI=1S/C19H18N2O5S/c1-3-25-19(22)15-4-8-16(9-5-15)21-27(23,24)17-10-6-14(7-11-17)18-12-20-13(2)26-18/h4-12,21H,3H2,1-2H3. The van der Waals surface area contributed by atoms with Crippen LogP contribution in [-0.4, -0.2) is 26.0 Å². The second kappa shape index (κ2) is 7.63. The van der Waals surface area contributed by atoms with E-state index in [2.05, 4.69) is 9.71 Å². The lowest BCUT2D eigenvalue weighted by Gasteiger charge is -2.09. The normalized spacial score (nSPS) is 11.2. The predicted molar refractivity (Wildman–Crippen MR) is 99.9 cm³/mol. The summed E-state index contributed by atoms with van der Waals surface area (Å²) in [6.07, 6.45) is 1.59. The van der Waals surface area contributed by atoms with Crippen molar-refractivity contribution in [1.29, 1.82) is 0 Å². The summed E-state index contributed by atoms with van der Waals surface area (Å²) in [4.78, 5) is 15.8. The number of aromatic nitrogens is 1. The molecule has 0 aliphatic rings. The van der Waals surface area contributed by atoms with Crippen molar-refractivity contribution in [2.45, 2.75) is 18.7 Å². The molecule has 0 spiro atoms. The zero-order valence-electron chi connectivity index (χ0n) is 14.8. The Morgan fingerprint density at radius 3 is 2.33 bits per heavy atom. The molecule has 0 atom stereocenters. The van der Waals surface area contributed by atoms with Gasteiger partial charge < -0.3 is 9.15 Å². The van der Waals surface area contributed by atoms with Gasteiger partial charge in [-0.25, -0.2) is 18.2 Å². The minimum Gasteiger partial charge on any atom is -0.462 e. The van der Waals surface area contributed by atoms with Crippen molar-refractivity contribution in [3.8, 4) is 11.3 Å². The molecule has 1 heterocycles. The van der Waals surface area contributed by atoms with Gasteiger partial charge in [0.15, 0.2) is 11.7 Å². The Morgan fingerprint density at radius 2 is 1.78 bits per heavy atom. The molecule has 3 rings (SSSR count). The molecule has 0 amide bonds. The number of carbonyl (C=O) groups excluding carboxylic acids is 1. The molecule has 0 saturated heterocycles. The number of anilines is 1. The summed E-state index contributed by atoms with van der Waals surface area (Å²) in [5.41, 5.74) is 1.43. The third-order valence-electron chi connectivity index (χ3n) is 3.72. The molecule has 0 aliphatic carbocycles. The van der Waals surface area contributed by atoms with Crippen LogP contribution in [0.2, 0.25) is 0 Å². The lowest BCUT2D eigenvalue weighted by atomic mass is 10.2. The minimum atomic E-state index is -3.76. The molecule has 3 aromatic rings. The Hall–Kier alpha value is -3.13. The number of sulfonamides is 1. The van der Waals surface area contributed by atoms with Crippen molar-refractivity contribution in [3.05, 3.63) is 66.2 Å². The highest BCUT2D eigenvalue weighted by Crippen LogP contribution is 2.23. The number of hydrogen-bond acceptors (Lipinski definition) is 6. The third-order valence-corrected chi connectivity index (χ3v) is 5.12. The van der Waals surface area contributed by atoms with Gasteiger partial charge in [0.05, 0.1) is 23.3 Å². The Kier molecular flexibility index (Phi) is 5.27. The Labute approximate surface area is 157 Å². The molecule has 0 bridgehead atoms. The van der Waals surface area contributed by atoms with Crippen LogP contribution in [0.1, 0.15) is 23.2 Å². The summed E-state index contributed by atoms with van der Waals surface area (Å²) in [5.74, 6) is 0.652. The van der Waals surface area contributed by atoms with E-state index in [-0.39, 0.29) is 11.5 Å². The van der Waals surface area contributed by atoms with E-state index in [0.717, 1.165) is 5.56 Å². The van der Waals surface area contributed by atoms with Crippen LogP contribution in [0, 0.1) is 6.92 Å². The summed E-state index contributed by atoms with van der Waals surface area (Å²) in [7, 11) is -3.76. The molecule has 140 valence electrons. The number of rotatable bonds is 6. The molecule has 0 unspecified atom stereocenters. The minimum absolute atomic E-state index is 0.108. The summed E-state index contributed by atoms with van der Waals surface area (Å²) in [5, 5.41) is 0. The van der Waals surface area contributed by atoms with Crippen molar-refractivity contribution in [2.24, 2.45) is 0 Å². The summed E-state index contributed by atoms with van der Waals surface area (Å²) in [6.45, 7) is 3.73. The fourth-order valence-corrected chi connectivity index (χ4v) is 3.45. The fraction of sp³-hybridized carbons (Fsp3) is 0.158. The highest BCUT2D eigenvalue weighted by atomic mass is 32.2. The molecule has 27 heavy (non-hydrogen) atoms. The van der Waals surface area contributed by atoms with Crippen LogP contribution in [0.25, 0.3) is 11.3 Å². The van der Waals surface area contributed by atoms with E-state index in [1.165, 1.54) is 36.4 Å². The molecular formula is C19H18N2O5S. The monoisotopic (exact) mass is 386 g/mol. The van der Waals surface area contributed by atoms with Gasteiger partial charge in [-0.05, 0) is 55.5 Å². The number of nitrogens with zero attached hydrogens (tertiary/aromatic N) is 1. The number of esters is 1. The highest BCUT2D eigenvalue weighted by molar-refractivity contribution is 7.92. The molecular weight excluding hydrogens is 368 g/mol. The average Bonchev–Trinajstić information content (AvgIpc) is 3.09. The Morgan fingerprint density at radius 1 is 1.11 bits per heavy atom. The van der Waals surface area contributed by atoms with Gasteiger partial charge in [-0.1, -0.05) is 0 Å². The van der Waals surface area contributed by atoms with Gasteiger partial charge in [0.25, 0.3) is 10.0 Å². The van der Waals surface area contributed by atoms with Crippen LogP contribution in [0.3, 0.4) is 0 Å². The molecule has 7 nitrogen and oxygen atoms in total. The van der Waals surface area contributed by atoms with Crippen LogP contribution in [0.5, 0.6) is 0 Å². The molecule has 0 radical (unpaired) electrons. The van der Waals surface area contributed by atoms with E-state index < -0.39 is 16.0 Å². The number of benzene rings is 2. The van der Waals surface area contributed by atoms with E-state index in [1.54, 1.807) is 32.2 Å². The zero-order chi connectivity index (χ0) is 19.4. The van der Waals surface area contributed by atoms with E-state index in [9.17, 15) is 13.2 Å². The fourth-order valence-electron chi connectivity index (χ4n) is 2.40. The summed E-state index contributed by atoms with van der Waals surface area (Å²) >= 11 is 0. The first-order valence-electron chi connectivity index (χ1n) is 8.22. The predicted octanol–water partition coefficient (Wildman–Crippen LogP) is 3.63. The van der Waals surface area contributed by atoms with Crippen molar-refractivity contribution < 1.29 is 22.4 Å². The molecule has 0 fully saturated rings. The van der Waals surface area contributed by atoms with Crippen LogP contribution in [0.4, 0.5) is 5.69 Å². The van der Waals surface area contributed by atoms with E-state index in [4.69, 9.17) is 9.15 Å². The maximum atomic E-state index is 12.5. The Bertz CT molecular complexity index is 1040. The number of carbonyl (C=O) groups is 1. The van der Waals surface area contributed by atoms with E-state index in [0.29, 0.717) is 22.9 Å². The highest BCUT2D eigenvalue weighted by Gasteiger charge is 2.15. The summed E-state index contributed by atoms with van der Waals surface area (Å²) < 4.78 is 37.9. The van der Waals surface area contributed by atoms with Gasteiger partial charge in [-0.3, -0.25) is 4.72 Å². The van der Waals surface area contributed by atoms with Crippen molar-refractivity contribution >= 4 is 21.7 Å². The van der Waals surface area contributed by atoms with E-state index >= 15 is 0 Å². The van der Waals surface area contributed by atoms with Gasteiger partial charge >= 0.3 is 5.97 Å². The second-order valence-electron chi connectivity index (χ2n) is 5.67. The smallest absolute Gasteiger partial charge is 0.338 e. The number of oxazole rings is 1. The van der Waals surface area contributed by atoms with Crippen molar-refractivity contribution in [1.82, 2.24) is 4.98 Å². The van der Waals surface area contributed by atoms with Gasteiger partial charge in [-0.2, -0.15) is 0 Å². The van der Waals surface area contributed by atoms with Crippen LogP contribution >= 0.6 is 0 Å². The number of nitrogens with one attached hydrogen (secondary N) is 1. The third kappa shape index (κ3) is 4.35. The summed E-state index contributed by atoms with van der Waals surface area (Å²) in [6, 6.07) is 12.3. The number of ether oxygens (including phenoxy) is 1. The zero-order valence-corrected chi connectivity index (χ0v) is 15.6. The van der Waals surface area contributed by atoms with Crippen LogP contribution in [-0.2, 0) is 14.8 Å². The molecule has 0 aliphatic heterocycles. The van der Waals surface area contributed by atoms with Crippen LogP contribution in [0.15, 0.2) is 64.0 Å². The van der Waals surface area contributed by atoms with Gasteiger partial charge in [0, 0.05) is 18.2 Å². The lowest BCUT2D eigenvalue weighted by Crippen LogP contribution is -2.13. The largest absolute Gasteiger partial charge is 0.462 e. The number of aryl methyl sites for hydroxylation is 1. The molecule has 8 heteroatoms. The molecule has 1 aromatic heterocycles. The average molecular weight is 386 g/mol. The maximum Gasteiger partial charge on any atom is 0.338 e. The molecule has 0 saturated carbocycles. The lowest BCUT2D eigenvalue weighted by molar-refractivity contribution is 0.0526. The van der Waals surface area contributed by atoms with Crippen LogP contribution < -0.4 is 4.72 Å². The number of hydrogen-bond donors (Lipinski definition) is 1. The van der Waals surface area contributed by atoms with Gasteiger partial charge in [0.2, 0.25) is 0 Å². The first kappa shape index (κ1) is 18.7. The maximum absolute atomic E-state index is 12.5. The first-order valence-corrected chi connectivity index (χ1v) is 9.70. The molecule has 1 N–H and O–H groups in total. The topological polar surface area (TPSA) is 98.5 Å². The first-order chi connectivity index (χ1) is 12.9. The van der Waals surface area contributed by atoms with Crippen molar-refractivity contribution in [3.63, 3.8) is 0 Å².